The molecule has 14 heavy (non-hydrogen) atoms. The van der Waals surface area contributed by atoms with Gasteiger partial charge in [0.1, 0.15) is 0 Å². The maximum Gasteiger partial charge on any atom is 0.0912 e. The zero-order valence-electron chi connectivity index (χ0n) is 9.29. The topological polar surface area (TPSA) is 38.7 Å². The molecule has 0 aliphatic carbocycles. The first-order valence-corrected chi connectivity index (χ1v) is 5.50. The molecular formula is C11H22O3. The van der Waals surface area contributed by atoms with Gasteiger partial charge >= 0.3 is 0 Å². The molecule has 84 valence electrons. The van der Waals surface area contributed by atoms with Crippen molar-refractivity contribution in [2.24, 2.45) is 0 Å². The van der Waals surface area contributed by atoms with Crippen LogP contribution in [0.4, 0.5) is 0 Å². The predicted octanol–water partition coefficient (Wildman–Crippen LogP) is 1.73. The summed E-state index contributed by atoms with van der Waals surface area (Å²) in [6.45, 7) is 3.52. The third-order valence-corrected chi connectivity index (χ3v) is 3.03. The normalized spacial score (nSPS) is 30.2. The average molecular weight is 202 g/mol. The molecule has 1 saturated heterocycles. The second-order valence-electron chi connectivity index (χ2n) is 4.27. The molecule has 1 heterocycles. The lowest BCUT2D eigenvalue weighted by Crippen LogP contribution is -2.44. The van der Waals surface area contributed by atoms with Gasteiger partial charge in [0.05, 0.1) is 11.7 Å². The molecule has 0 aromatic heterocycles. The highest BCUT2D eigenvalue weighted by Crippen LogP contribution is 2.29. The Hall–Kier alpha value is -0.120. The summed E-state index contributed by atoms with van der Waals surface area (Å²) < 4.78 is 10.6. The molecule has 0 bridgehead atoms. The number of aliphatic hydroxyl groups excluding tert-OH is 1. The van der Waals surface area contributed by atoms with Crippen LogP contribution >= 0.6 is 0 Å². The Kier molecular flexibility index (Phi) is 4.85. The Morgan fingerprint density at radius 2 is 2.29 bits per heavy atom. The van der Waals surface area contributed by atoms with E-state index in [1.165, 1.54) is 0 Å². The molecule has 0 radical (unpaired) electrons. The summed E-state index contributed by atoms with van der Waals surface area (Å²) in [5.74, 6) is 0. The molecule has 3 nitrogen and oxygen atoms in total. The Balaban J connectivity index is 2.29. The highest BCUT2D eigenvalue weighted by molar-refractivity contribution is 4.86. The molecular weight excluding hydrogens is 180 g/mol. The average Bonchev–Trinajstić information content (AvgIpc) is 2.19. The first kappa shape index (κ1) is 12.0. The van der Waals surface area contributed by atoms with E-state index >= 15 is 0 Å². The van der Waals surface area contributed by atoms with Crippen LogP contribution < -0.4 is 0 Å². The zero-order valence-corrected chi connectivity index (χ0v) is 9.29. The zero-order chi connectivity index (χ0) is 10.4. The van der Waals surface area contributed by atoms with E-state index in [9.17, 15) is 5.11 Å². The lowest BCUT2D eigenvalue weighted by molar-refractivity contribution is -0.139. The maximum absolute atomic E-state index is 9.98. The molecule has 1 aliphatic heterocycles. The molecule has 0 aromatic carbocycles. The smallest absolute Gasteiger partial charge is 0.0912 e. The second-order valence-corrected chi connectivity index (χ2v) is 4.27. The number of hydrogen-bond acceptors (Lipinski definition) is 3. The van der Waals surface area contributed by atoms with Crippen LogP contribution in [0.15, 0.2) is 0 Å². The van der Waals surface area contributed by atoms with Crippen molar-refractivity contribution in [3.8, 4) is 0 Å². The van der Waals surface area contributed by atoms with Crippen molar-refractivity contribution < 1.29 is 14.6 Å². The van der Waals surface area contributed by atoms with E-state index in [1.54, 1.807) is 7.11 Å². The van der Waals surface area contributed by atoms with Crippen LogP contribution in [0.1, 0.15) is 39.0 Å². The van der Waals surface area contributed by atoms with Crippen molar-refractivity contribution in [2.45, 2.75) is 50.7 Å². The van der Waals surface area contributed by atoms with Gasteiger partial charge in [-0.3, -0.25) is 0 Å². The van der Waals surface area contributed by atoms with Gasteiger partial charge in [-0.2, -0.15) is 0 Å². The number of methoxy groups -OCH3 is 1. The van der Waals surface area contributed by atoms with Gasteiger partial charge in [-0.25, -0.2) is 0 Å². The fourth-order valence-corrected chi connectivity index (χ4v) is 1.94. The summed E-state index contributed by atoms with van der Waals surface area (Å²) in [5, 5.41) is 9.98. The van der Waals surface area contributed by atoms with E-state index in [1.807, 2.05) is 6.92 Å². The van der Waals surface area contributed by atoms with Crippen molar-refractivity contribution in [3.05, 3.63) is 0 Å². The molecule has 2 atom stereocenters. The second kappa shape index (κ2) is 5.69. The molecule has 1 aliphatic rings. The van der Waals surface area contributed by atoms with Crippen molar-refractivity contribution >= 4 is 0 Å². The number of ether oxygens (including phenoxy) is 2. The van der Waals surface area contributed by atoms with Crippen LogP contribution in [0.2, 0.25) is 0 Å². The van der Waals surface area contributed by atoms with Crippen molar-refractivity contribution in [2.75, 3.05) is 20.3 Å². The van der Waals surface area contributed by atoms with Gasteiger partial charge in [0.2, 0.25) is 0 Å². The third kappa shape index (κ3) is 3.23. The van der Waals surface area contributed by atoms with Gasteiger partial charge in [-0.05, 0) is 39.0 Å². The molecule has 1 rings (SSSR count). The SMILES string of the molecule is COCCCC(O)C1(C)CCCCO1. The quantitative estimate of drug-likeness (QED) is 0.690. The Morgan fingerprint density at radius 3 is 2.86 bits per heavy atom. The van der Waals surface area contributed by atoms with E-state index in [4.69, 9.17) is 9.47 Å². The standard InChI is InChI=1S/C11H22O3/c1-11(7-3-4-9-14-11)10(12)6-5-8-13-2/h10,12H,3-9H2,1-2H3. The van der Waals surface area contributed by atoms with E-state index in [2.05, 4.69) is 0 Å². The first-order chi connectivity index (χ1) is 6.69. The molecule has 3 heteroatoms. The predicted molar refractivity (Wildman–Crippen MR) is 55.3 cm³/mol. The Labute approximate surface area is 86.4 Å². The summed E-state index contributed by atoms with van der Waals surface area (Å²) >= 11 is 0. The van der Waals surface area contributed by atoms with Gasteiger partial charge in [0.25, 0.3) is 0 Å². The lowest BCUT2D eigenvalue weighted by Gasteiger charge is -2.38. The molecule has 1 N–H and O–H groups in total. The molecule has 0 aromatic rings. The molecule has 1 fully saturated rings. The number of rotatable bonds is 5. The van der Waals surface area contributed by atoms with E-state index in [0.717, 1.165) is 38.7 Å². The monoisotopic (exact) mass is 202 g/mol. The molecule has 2 unspecified atom stereocenters. The molecule has 0 spiro atoms. The Bertz CT molecular complexity index is 153. The highest BCUT2D eigenvalue weighted by Gasteiger charge is 2.35. The van der Waals surface area contributed by atoms with Gasteiger partial charge in [0, 0.05) is 20.3 Å². The van der Waals surface area contributed by atoms with E-state index < -0.39 is 0 Å². The van der Waals surface area contributed by atoms with Crippen LogP contribution in [0, 0.1) is 0 Å². The minimum atomic E-state index is -0.349. The molecule has 0 saturated carbocycles. The first-order valence-electron chi connectivity index (χ1n) is 5.50. The fraction of sp³-hybridized carbons (Fsp3) is 1.00. The van der Waals surface area contributed by atoms with Gasteiger partial charge in [0.15, 0.2) is 0 Å². The van der Waals surface area contributed by atoms with Crippen molar-refractivity contribution in [1.82, 2.24) is 0 Å². The summed E-state index contributed by atoms with van der Waals surface area (Å²) in [7, 11) is 1.69. The lowest BCUT2D eigenvalue weighted by atomic mass is 9.88. The van der Waals surface area contributed by atoms with Gasteiger partial charge in [-0.1, -0.05) is 0 Å². The number of hydrogen-bond donors (Lipinski definition) is 1. The van der Waals surface area contributed by atoms with E-state index in [0.29, 0.717) is 6.61 Å². The summed E-state index contributed by atoms with van der Waals surface area (Å²) in [6, 6.07) is 0. The summed E-state index contributed by atoms with van der Waals surface area (Å²) in [6.07, 6.45) is 4.58. The third-order valence-electron chi connectivity index (χ3n) is 3.03. The van der Waals surface area contributed by atoms with Crippen molar-refractivity contribution in [1.29, 1.82) is 0 Å². The van der Waals surface area contributed by atoms with Gasteiger partial charge < -0.3 is 14.6 Å². The fourth-order valence-electron chi connectivity index (χ4n) is 1.94. The minimum Gasteiger partial charge on any atom is -0.390 e. The number of aliphatic hydroxyl groups is 1. The molecule has 0 amide bonds. The van der Waals surface area contributed by atoms with Crippen LogP contribution in [-0.2, 0) is 9.47 Å². The largest absolute Gasteiger partial charge is 0.390 e. The van der Waals surface area contributed by atoms with Crippen LogP contribution in [0.25, 0.3) is 0 Å². The van der Waals surface area contributed by atoms with Crippen molar-refractivity contribution in [3.63, 3.8) is 0 Å². The Morgan fingerprint density at radius 1 is 1.50 bits per heavy atom. The maximum atomic E-state index is 9.98. The van der Waals surface area contributed by atoms with Crippen LogP contribution in [0.5, 0.6) is 0 Å². The highest BCUT2D eigenvalue weighted by atomic mass is 16.5. The van der Waals surface area contributed by atoms with Crippen LogP contribution in [0.3, 0.4) is 0 Å². The van der Waals surface area contributed by atoms with Gasteiger partial charge in [-0.15, -0.1) is 0 Å². The summed E-state index contributed by atoms with van der Waals surface area (Å²) in [4.78, 5) is 0. The minimum absolute atomic E-state index is 0.314. The van der Waals surface area contributed by atoms with E-state index in [-0.39, 0.29) is 11.7 Å². The summed E-state index contributed by atoms with van der Waals surface area (Å²) in [5.41, 5.74) is -0.314. The van der Waals surface area contributed by atoms with Crippen LogP contribution in [-0.4, -0.2) is 37.1 Å².